The Labute approximate surface area is 148 Å². The van der Waals surface area contributed by atoms with Crippen molar-refractivity contribution in [3.63, 3.8) is 0 Å². The molecule has 0 saturated heterocycles. The number of nitrogens with one attached hydrogen (secondary N) is 1. The fourth-order valence-corrected chi connectivity index (χ4v) is 4.06. The Hall–Kier alpha value is -2.14. The molecule has 1 amide bonds. The van der Waals surface area contributed by atoms with Crippen LogP contribution in [0.4, 0.5) is 0 Å². The van der Waals surface area contributed by atoms with E-state index in [4.69, 9.17) is 0 Å². The zero-order chi connectivity index (χ0) is 17.4. The van der Waals surface area contributed by atoms with E-state index in [1.54, 1.807) is 0 Å². The first-order valence-corrected chi connectivity index (χ1v) is 9.24. The predicted molar refractivity (Wildman–Crippen MR) is 96.1 cm³/mol. The topological polar surface area (TPSA) is 67.2 Å². The molecule has 0 atom stereocenters. The van der Waals surface area contributed by atoms with Crippen molar-refractivity contribution in [2.45, 2.75) is 57.5 Å². The summed E-state index contributed by atoms with van der Waals surface area (Å²) in [4.78, 5) is 12.7. The summed E-state index contributed by atoms with van der Waals surface area (Å²) >= 11 is 0. The summed E-state index contributed by atoms with van der Waals surface area (Å²) in [6.45, 7) is 2.38. The van der Waals surface area contributed by atoms with Gasteiger partial charge in [-0.15, -0.1) is 0 Å². The molecule has 0 radical (unpaired) electrons. The monoisotopic (exact) mass is 339 g/mol. The van der Waals surface area contributed by atoms with Gasteiger partial charge in [-0.05, 0) is 51.2 Å². The Bertz CT molecular complexity index is 786. The molecule has 1 saturated carbocycles. The zero-order valence-electron chi connectivity index (χ0n) is 14.7. The summed E-state index contributed by atoms with van der Waals surface area (Å²) in [7, 11) is 0. The van der Waals surface area contributed by atoms with Crippen LogP contribution in [0.15, 0.2) is 24.3 Å². The maximum Gasteiger partial charge on any atom is 0.272 e. The number of hydrogen-bond acceptors (Lipinski definition) is 3. The van der Waals surface area contributed by atoms with Gasteiger partial charge in [0.2, 0.25) is 0 Å². The van der Waals surface area contributed by atoms with Gasteiger partial charge in [-0.1, -0.05) is 30.5 Å². The highest BCUT2D eigenvalue weighted by Gasteiger charge is 2.33. The minimum atomic E-state index is -0.738. The molecule has 0 spiro atoms. The lowest BCUT2D eigenvalue weighted by molar-refractivity contribution is 0.0448. The second-order valence-corrected chi connectivity index (χ2v) is 7.49. The molecule has 132 valence electrons. The molecule has 5 nitrogen and oxygen atoms in total. The molecule has 2 aliphatic rings. The van der Waals surface area contributed by atoms with Crippen LogP contribution < -0.4 is 5.32 Å². The second kappa shape index (κ2) is 6.30. The fourth-order valence-electron chi connectivity index (χ4n) is 4.06. The highest BCUT2D eigenvalue weighted by atomic mass is 16.3. The van der Waals surface area contributed by atoms with E-state index in [0.29, 0.717) is 12.2 Å². The van der Waals surface area contributed by atoms with E-state index in [0.717, 1.165) is 61.9 Å². The number of aryl methyl sites for hydroxylation is 1. The Morgan fingerprint density at radius 2 is 1.92 bits per heavy atom. The van der Waals surface area contributed by atoms with Gasteiger partial charge in [-0.25, -0.2) is 4.68 Å². The van der Waals surface area contributed by atoms with Crippen molar-refractivity contribution in [2.24, 2.45) is 0 Å². The van der Waals surface area contributed by atoms with Gasteiger partial charge in [0, 0.05) is 17.8 Å². The summed E-state index contributed by atoms with van der Waals surface area (Å²) in [5, 5.41) is 18.0. The van der Waals surface area contributed by atoms with Crippen LogP contribution in [-0.2, 0) is 12.8 Å². The Morgan fingerprint density at radius 1 is 1.20 bits per heavy atom. The Morgan fingerprint density at radius 3 is 2.64 bits per heavy atom. The minimum Gasteiger partial charge on any atom is -0.388 e. The number of amides is 1. The van der Waals surface area contributed by atoms with Crippen LogP contribution in [0.5, 0.6) is 0 Å². The molecule has 0 unspecified atom stereocenters. The number of carbonyl (C=O) groups is 1. The van der Waals surface area contributed by atoms with Gasteiger partial charge < -0.3 is 10.4 Å². The molecule has 1 aromatic carbocycles. The van der Waals surface area contributed by atoms with E-state index in [1.807, 2.05) is 16.8 Å². The highest BCUT2D eigenvalue weighted by molar-refractivity contribution is 5.94. The zero-order valence-corrected chi connectivity index (χ0v) is 14.7. The molecule has 2 N–H and O–H groups in total. The number of aliphatic hydroxyl groups is 1. The van der Waals surface area contributed by atoms with E-state index >= 15 is 0 Å². The van der Waals surface area contributed by atoms with Crippen LogP contribution in [0, 0.1) is 6.92 Å². The predicted octanol–water partition coefficient (Wildman–Crippen LogP) is 2.70. The molecule has 1 heterocycles. The van der Waals surface area contributed by atoms with Crippen LogP contribution in [-0.4, -0.2) is 32.9 Å². The van der Waals surface area contributed by atoms with Gasteiger partial charge in [-0.2, -0.15) is 5.10 Å². The van der Waals surface area contributed by atoms with E-state index in [-0.39, 0.29) is 5.91 Å². The molecule has 0 bridgehead atoms. The van der Waals surface area contributed by atoms with Gasteiger partial charge in [0.1, 0.15) is 0 Å². The highest BCUT2D eigenvalue weighted by Crippen LogP contribution is 2.30. The Balaban J connectivity index is 1.58. The van der Waals surface area contributed by atoms with E-state index in [9.17, 15) is 9.90 Å². The molecule has 25 heavy (non-hydrogen) atoms. The molecule has 4 rings (SSSR count). The van der Waals surface area contributed by atoms with Gasteiger partial charge in [0.25, 0.3) is 5.91 Å². The molecule has 1 fully saturated rings. The van der Waals surface area contributed by atoms with Crippen LogP contribution in [0.2, 0.25) is 0 Å². The second-order valence-electron chi connectivity index (χ2n) is 7.49. The largest absolute Gasteiger partial charge is 0.388 e. The number of benzene rings is 1. The van der Waals surface area contributed by atoms with Crippen LogP contribution in [0.1, 0.15) is 59.4 Å². The summed E-state index contributed by atoms with van der Waals surface area (Å²) in [6, 6.07) is 8.22. The lowest BCUT2D eigenvalue weighted by atomic mass is 10.0. The number of hydrogen-bond donors (Lipinski definition) is 2. The van der Waals surface area contributed by atoms with Crippen molar-refractivity contribution in [1.82, 2.24) is 15.1 Å². The first-order chi connectivity index (χ1) is 12.1. The van der Waals surface area contributed by atoms with Gasteiger partial charge >= 0.3 is 0 Å². The lowest BCUT2D eigenvalue weighted by Crippen LogP contribution is -2.41. The van der Waals surface area contributed by atoms with E-state index in [1.165, 1.54) is 5.56 Å². The number of rotatable bonds is 4. The van der Waals surface area contributed by atoms with Gasteiger partial charge in [-0.3, -0.25) is 4.79 Å². The number of fused-ring (bicyclic) bond motifs is 1. The average Bonchev–Trinajstić information content (AvgIpc) is 3.30. The minimum absolute atomic E-state index is 0.163. The summed E-state index contributed by atoms with van der Waals surface area (Å²) in [5.74, 6) is -0.163. The third-order valence-corrected chi connectivity index (χ3v) is 5.54. The maximum absolute atomic E-state index is 12.7. The quantitative estimate of drug-likeness (QED) is 0.900. The number of aromatic nitrogens is 2. The lowest BCUT2D eigenvalue weighted by Gasteiger charge is -2.22. The molecular weight excluding hydrogens is 314 g/mol. The van der Waals surface area contributed by atoms with Crippen LogP contribution in [0.25, 0.3) is 5.69 Å². The standard InChI is InChI=1S/C20H25N3O2/c1-14-7-9-15(10-8-14)23-17-6-4-5-16(17)18(22-23)19(24)21-13-20(25)11-2-3-12-20/h7-10,25H,2-6,11-13H2,1H3,(H,21,24). The smallest absolute Gasteiger partial charge is 0.272 e. The van der Waals surface area contributed by atoms with Crippen LogP contribution in [0.3, 0.4) is 0 Å². The summed E-state index contributed by atoms with van der Waals surface area (Å²) < 4.78 is 1.92. The molecule has 2 aromatic rings. The fraction of sp³-hybridized carbons (Fsp3) is 0.500. The first-order valence-electron chi connectivity index (χ1n) is 9.24. The van der Waals surface area contributed by atoms with Crippen molar-refractivity contribution >= 4 is 5.91 Å². The molecule has 0 aliphatic heterocycles. The van der Waals surface area contributed by atoms with Crippen molar-refractivity contribution in [3.8, 4) is 5.69 Å². The molecule has 5 heteroatoms. The third kappa shape index (κ3) is 3.09. The van der Waals surface area contributed by atoms with Crippen molar-refractivity contribution < 1.29 is 9.90 Å². The Kier molecular flexibility index (Phi) is 4.12. The molecule has 1 aromatic heterocycles. The van der Waals surface area contributed by atoms with E-state index in [2.05, 4.69) is 29.5 Å². The molecular formula is C20H25N3O2. The van der Waals surface area contributed by atoms with E-state index < -0.39 is 5.60 Å². The maximum atomic E-state index is 12.7. The SMILES string of the molecule is Cc1ccc(-n2nc(C(=O)NCC3(O)CCCC3)c3c2CCC3)cc1. The third-order valence-electron chi connectivity index (χ3n) is 5.54. The first kappa shape index (κ1) is 16.3. The van der Waals surface area contributed by atoms with Crippen LogP contribution >= 0.6 is 0 Å². The van der Waals surface area contributed by atoms with Crippen molar-refractivity contribution in [2.75, 3.05) is 6.54 Å². The summed E-state index contributed by atoms with van der Waals surface area (Å²) in [5.41, 5.74) is 4.20. The average molecular weight is 339 g/mol. The number of carbonyl (C=O) groups excluding carboxylic acids is 1. The van der Waals surface area contributed by atoms with Gasteiger partial charge in [0.05, 0.1) is 11.3 Å². The van der Waals surface area contributed by atoms with Crippen molar-refractivity contribution in [3.05, 3.63) is 46.8 Å². The number of nitrogens with zero attached hydrogens (tertiary/aromatic N) is 2. The summed E-state index contributed by atoms with van der Waals surface area (Å²) in [6.07, 6.45) is 6.50. The normalized spacial score (nSPS) is 18.3. The van der Waals surface area contributed by atoms with Gasteiger partial charge in [0.15, 0.2) is 5.69 Å². The molecule has 2 aliphatic carbocycles. The van der Waals surface area contributed by atoms with Crippen molar-refractivity contribution in [1.29, 1.82) is 0 Å².